The van der Waals surface area contributed by atoms with E-state index in [2.05, 4.69) is 15.4 Å². The molecule has 0 aliphatic carbocycles. The van der Waals surface area contributed by atoms with Gasteiger partial charge in [-0.1, -0.05) is 6.07 Å². The number of aryl methyl sites for hydroxylation is 1. The first-order chi connectivity index (χ1) is 11.2. The van der Waals surface area contributed by atoms with Gasteiger partial charge in [-0.05, 0) is 24.6 Å². The molecule has 1 N–H and O–H groups in total. The number of hydrogen-bond acceptors (Lipinski definition) is 5. The molecule has 0 spiro atoms. The molecular weight excluding hydrogens is 294 g/mol. The van der Waals surface area contributed by atoms with Gasteiger partial charge in [0.2, 0.25) is 5.91 Å². The minimum absolute atomic E-state index is 0.0474. The van der Waals surface area contributed by atoms with Crippen molar-refractivity contribution in [2.45, 2.75) is 19.6 Å². The highest BCUT2D eigenvalue weighted by atomic mass is 16.5. The molecule has 7 nitrogen and oxygen atoms in total. The minimum atomic E-state index is -0.194. The number of nitrogens with one attached hydrogen (secondary N) is 1. The maximum atomic E-state index is 12.5. The number of carbonyl (C=O) groups is 1. The Labute approximate surface area is 135 Å². The topological polar surface area (TPSA) is 72.3 Å². The molecule has 122 valence electrons. The molecule has 0 unspecified atom stereocenters. The molecule has 23 heavy (non-hydrogen) atoms. The quantitative estimate of drug-likeness (QED) is 0.919. The second kappa shape index (κ2) is 6.78. The summed E-state index contributed by atoms with van der Waals surface area (Å²) in [6.45, 7) is 3.84. The smallest absolute Gasteiger partial charge is 0.244 e. The Bertz CT molecular complexity index is 685. The molecule has 0 radical (unpaired) electrons. The Morgan fingerprint density at radius 1 is 1.48 bits per heavy atom. The van der Waals surface area contributed by atoms with Gasteiger partial charge in [-0.25, -0.2) is 4.98 Å². The monoisotopic (exact) mass is 315 g/mol. The zero-order valence-corrected chi connectivity index (χ0v) is 13.4. The van der Waals surface area contributed by atoms with Crippen LogP contribution in [0.1, 0.15) is 17.4 Å². The van der Waals surface area contributed by atoms with Crippen molar-refractivity contribution >= 4 is 11.7 Å². The first-order valence-corrected chi connectivity index (χ1v) is 7.69. The second-order valence-corrected chi connectivity index (χ2v) is 5.61. The molecule has 2 aromatic rings. The van der Waals surface area contributed by atoms with Crippen molar-refractivity contribution < 1.29 is 9.53 Å². The lowest BCUT2D eigenvalue weighted by Crippen LogP contribution is -2.43. The van der Waals surface area contributed by atoms with Crippen LogP contribution in [0, 0.1) is 6.92 Å². The van der Waals surface area contributed by atoms with Gasteiger partial charge in [0, 0.05) is 19.8 Å². The molecule has 3 heterocycles. The first-order valence-electron chi connectivity index (χ1n) is 7.69. The lowest BCUT2D eigenvalue weighted by atomic mass is 10.2. The average Bonchev–Trinajstić information content (AvgIpc) is 3.00. The summed E-state index contributed by atoms with van der Waals surface area (Å²) in [5.41, 5.74) is 1.88. The molecule has 0 saturated carbocycles. The number of aromatic nitrogens is 3. The van der Waals surface area contributed by atoms with Gasteiger partial charge in [0.15, 0.2) is 0 Å². The Kier molecular flexibility index (Phi) is 4.57. The third kappa shape index (κ3) is 3.68. The van der Waals surface area contributed by atoms with Crippen molar-refractivity contribution in [2.24, 2.45) is 0 Å². The lowest BCUT2D eigenvalue weighted by molar-refractivity contribution is -0.140. The molecule has 0 bridgehead atoms. The Morgan fingerprint density at radius 2 is 2.35 bits per heavy atom. The van der Waals surface area contributed by atoms with E-state index in [9.17, 15) is 4.79 Å². The van der Waals surface area contributed by atoms with E-state index >= 15 is 0 Å². The normalized spacial score (nSPS) is 18.0. The maximum Gasteiger partial charge on any atom is 0.244 e. The van der Waals surface area contributed by atoms with E-state index in [1.165, 1.54) is 0 Å². The summed E-state index contributed by atoms with van der Waals surface area (Å²) in [6, 6.07) is 5.76. The van der Waals surface area contributed by atoms with Gasteiger partial charge in [0.05, 0.1) is 25.0 Å². The van der Waals surface area contributed by atoms with Gasteiger partial charge in [-0.2, -0.15) is 5.10 Å². The van der Waals surface area contributed by atoms with Gasteiger partial charge >= 0.3 is 0 Å². The third-order valence-corrected chi connectivity index (χ3v) is 3.84. The number of pyridine rings is 1. The zero-order valence-electron chi connectivity index (χ0n) is 13.4. The SMILES string of the molecule is CNc1cccc([C@@H]2CN(C(=O)Cn3cc(C)cn3)CCO2)n1. The van der Waals surface area contributed by atoms with Gasteiger partial charge in [-0.3, -0.25) is 9.48 Å². The van der Waals surface area contributed by atoms with E-state index in [1.807, 2.05) is 43.3 Å². The largest absolute Gasteiger partial charge is 0.373 e. The molecular formula is C16H21N5O2. The van der Waals surface area contributed by atoms with Gasteiger partial charge < -0.3 is 15.0 Å². The highest BCUT2D eigenvalue weighted by molar-refractivity contribution is 5.76. The van der Waals surface area contributed by atoms with Crippen LogP contribution in [0.25, 0.3) is 0 Å². The summed E-state index contributed by atoms with van der Waals surface area (Å²) in [4.78, 5) is 18.8. The van der Waals surface area contributed by atoms with Crippen LogP contribution >= 0.6 is 0 Å². The Morgan fingerprint density at radius 3 is 3.09 bits per heavy atom. The van der Waals surface area contributed by atoms with Gasteiger partial charge in [-0.15, -0.1) is 0 Å². The fraction of sp³-hybridized carbons (Fsp3) is 0.438. The number of rotatable bonds is 4. The van der Waals surface area contributed by atoms with Crippen molar-refractivity contribution in [3.05, 3.63) is 41.9 Å². The number of nitrogens with zero attached hydrogens (tertiary/aromatic N) is 4. The Balaban J connectivity index is 1.66. The highest BCUT2D eigenvalue weighted by Gasteiger charge is 2.26. The van der Waals surface area contributed by atoms with E-state index in [4.69, 9.17) is 4.74 Å². The summed E-state index contributed by atoms with van der Waals surface area (Å²) in [6.07, 6.45) is 3.43. The molecule has 7 heteroatoms. The molecule has 1 aliphatic heterocycles. The van der Waals surface area contributed by atoms with Crippen molar-refractivity contribution in [3.63, 3.8) is 0 Å². The maximum absolute atomic E-state index is 12.5. The number of hydrogen-bond donors (Lipinski definition) is 1. The van der Waals surface area contributed by atoms with Crippen LogP contribution in [0.3, 0.4) is 0 Å². The van der Waals surface area contributed by atoms with Crippen molar-refractivity contribution in [1.29, 1.82) is 0 Å². The number of carbonyl (C=O) groups excluding carboxylic acids is 1. The molecule has 2 aromatic heterocycles. The van der Waals surface area contributed by atoms with Crippen LogP contribution in [0.5, 0.6) is 0 Å². The summed E-state index contributed by atoms with van der Waals surface area (Å²) in [5.74, 6) is 0.840. The van der Waals surface area contributed by atoms with Gasteiger partial charge in [0.1, 0.15) is 18.5 Å². The average molecular weight is 315 g/mol. The zero-order chi connectivity index (χ0) is 16.2. The Hall–Kier alpha value is -2.41. The van der Waals surface area contributed by atoms with Crippen molar-refractivity contribution in [3.8, 4) is 0 Å². The molecule has 1 saturated heterocycles. The second-order valence-electron chi connectivity index (χ2n) is 5.61. The van der Waals surface area contributed by atoms with Crippen molar-refractivity contribution in [2.75, 3.05) is 32.1 Å². The number of anilines is 1. The first kappa shape index (κ1) is 15.5. The number of morpholine rings is 1. The molecule has 1 aliphatic rings. The molecule has 1 atom stereocenters. The molecule has 0 aromatic carbocycles. The van der Waals surface area contributed by atoms with Crippen molar-refractivity contribution in [1.82, 2.24) is 19.7 Å². The van der Waals surface area contributed by atoms with Crippen LogP contribution < -0.4 is 5.32 Å². The molecule has 3 rings (SSSR count). The van der Waals surface area contributed by atoms with Crippen LogP contribution in [0.2, 0.25) is 0 Å². The minimum Gasteiger partial charge on any atom is -0.373 e. The summed E-state index contributed by atoms with van der Waals surface area (Å²) >= 11 is 0. The van der Waals surface area contributed by atoms with Crippen LogP contribution in [-0.4, -0.2) is 52.3 Å². The van der Waals surface area contributed by atoms with E-state index in [1.54, 1.807) is 10.9 Å². The summed E-state index contributed by atoms with van der Waals surface area (Å²) < 4.78 is 7.46. The molecule has 1 fully saturated rings. The number of ether oxygens (including phenoxy) is 1. The number of amides is 1. The van der Waals surface area contributed by atoms with E-state index in [0.29, 0.717) is 19.7 Å². The third-order valence-electron chi connectivity index (χ3n) is 3.84. The van der Waals surface area contributed by atoms with E-state index < -0.39 is 0 Å². The highest BCUT2D eigenvalue weighted by Crippen LogP contribution is 2.22. The molecule has 1 amide bonds. The van der Waals surface area contributed by atoms with Crippen LogP contribution in [0.4, 0.5) is 5.82 Å². The van der Waals surface area contributed by atoms with E-state index in [-0.39, 0.29) is 18.6 Å². The predicted molar refractivity (Wildman–Crippen MR) is 86.0 cm³/mol. The summed E-state index contributed by atoms with van der Waals surface area (Å²) in [7, 11) is 1.83. The predicted octanol–water partition coefficient (Wildman–Crippen LogP) is 1.23. The lowest BCUT2D eigenvalue weighted by Gasteiger charge is -2.32. The standard InChI is InChI=1S/C16H21N5O2/c1-12-8-18-21(9-12)11-16(22)20-6-7-23-14(10-20)13-4-3-5-15(17-2)19-13/h3-5,8-9,14H,6-7,10-11H2,1-2H3,(H,17,19)/t14-/m0/s1. The fourth-order valence-electron chi connectivity index (χ4n) is 2.62. The fourth-order valence-corrected chi connectivity index (χ4v) is 2.62. The van der Waals surface area contributed by atoms with E-state index in [0.717, 1.165) is 17.1 Å². The van der Waals surface area contributed by atoms with Crippen LogP contribution in [0.15, 0.2) is 30.6 Å². The summed E-state index contributed by atoms with van der Waals surface area (Å²) in [5, 5.41) is 7.18. The van der Waals surface area contributed by atoms with Gasteiger partial charge in [0.25, 0.3) is 0 Å². The van der Waals surface area contributed by atoms with Crippen LogP contribution in [-0.2, 0) is 16.1 Å².